The third kappa shape index (κ3) is 4.84. The summed E-state index contributed by atoms with van der Waals surface area (Å²) in [5.41, 5.74) is -0.0551. The molecule has 0 aromatic heterocycles. The summed E-state index contributed by atoms with van der Waals surface area (Å²) in [6, 6.07) is 8.91. The van der Waals surface area contributed by atoms with Gasteiger partial charge in [0.25, 0.3) is 0 Å². The molecule has 0 N–H and O–H groups in total. The molecule has 0 saturated heterocycles. The lowest BCUT2D eigenvalue weighted by Gasteiger charge is -2.45. The van der Waals surface area contributed by atoms with Crippen LogP contribution in [0.1, 0.15) is 41.4 Å². The maximum Gasteiger partial charge on any atom is 0.323 e. The molecule has 12 nitrogen and oxygen atoms in total. The summed E-state index contributed by atoms with van der Waals surface area (Å²) in [5, 5.41) is 0. The van der Waals surface area contributed by atoms with Crippen molar-refractivity contribution < 1.29 is 57.1 Å². The van der Waals surface area contributed by atoms with Crippen molar-refractivity contribution in [2.24, 2.45) is 11.3 Å². The average Bonchev–Trinajstić information content (AvgIpc) is 3.04. The number of methoxy groups -OCH3 is 4. The average molecular weight is 585 g/mol. The molecule has 1 aliphatic carbocycles. The first-order valence-electron chi connectivity index (χ1n) is 13.4. The van der Waals surface area contributed by atoms with Crippen LogP contribution in [0.2, 0.25) is 0 Å². The maximum absolute atomic E-state index is 13.8. The minimum Gasteiger partial charge on any atom is -0.486 e. The molecule has 5 rings (SSSR count). The van der Waals surface area contributed by atoms with E-state index in [-0.39, 0.29) is 19.4 Å². The van der Waals surface area contributed by atoms with Crippen molar-refractivity contribution in [1.29, 1.82) is 0 Å². The number of esters is 4. The smallest absolute Gasteiger partial charge is 0.323 e. The zero-order chi connectivity index (χ0) is 30.0. The number of benzene rings is 2. The van der Waals surface area contributed by atoms with Crippen LogP contribution in [-0.4, -0.2) is 78.7 Å². The zero-order valence-electron chi connectivity index (χ0n) is 23.8. The van der Waals surface area contributed by atoms with Gasteiger partial charge in [-0.15, -0.1) is 0 Å². The SMILES string of the molecule is COC(=O)C(C[C@@H]1c2cc3c(cc2[C@@H](c2ccc4c(c2)OCCO4)CC1(C(=O)OC)C(=O)OC)OCCO3)C(=O)OC. The van der Waals surface area contributed by atoms with Gasteiger partial charge in [0.1, 0.15) is 26.4 Å². The Kier molecular flexibility index (Phi) is 8.15. The van der Waals surface area contributed by atoms with Crippen LogP contribution < -0.4 is 18.9 Å². The first-order chi connectivity index (χ1) is 20.3. The molecular formula is C30H32O12. The minimum atomic E-state index is -1.97. The maximum atomic E-state index is 13.8. The molecule has 0 amide bonds. The summed E-state index contributed by atoms with van der Waals surface area (Å²) < 4.78 is 43.5. The van der Waals surface area contributed by atoms with Crippen LogP contribution in [0.3, 0.4) is 0 Å². The predicted octanol–water partition coefficient (Wildman–Crippen LogP) is 2.53. The Morgan fingerprint density at radius 2 is 1.21 bits per heavy atom. The number of rotatable bonds is 7. The molecule has 2 aliphatic heterocycles. The molecule has 0 spiro atoms. The van der Waals surface area contributed by atoms with E-state index in [0.717, 1.165) is 19.8 Å². The molecule has 0 bridgehead atoms. The van der Waals surface area contributed by atoms with E-state index < -0.39 is 47.0 Å². The highest BCUT2D eigenvalue weighted by molar-refractivity contribution is 6.02. The lowest BCUT2D eigenvalue weighted by atomic mass is 9.57. The molecule has 224 valence electrons. The van der Waals surface area contributed by atoms with E-state index in [1.54, 1.807) is 12.1 Å². The van der Waals surface area contributed by atoms with Gasteiger partial charge in [0.05, 0.1) is 28.4 Å². The van der Waals surface area contributed by atoms with Crippen LogP contribution in [0.4, 0.5) is 0 Å². The normalized spacial score (nSPS) is 19.6. The topological polar surface area (TPSA) is 142 Å². The summed E-state index contributed by atoms with van der Waals surface area (Å²) in [4.78, 5) is 53.3. The number of carbonyl (C=O) groups excluding carboxylic acids is 4. The van der Waals surface area contributed by atoms with Gasteiger partial charge in [0.15, 0.2) is 34.3 Å². The minimum absolute atomic E-state index is 0.113. The van der Waals surface area contributed by atoms with Gasteiger partial charge < -0.3 is 37.9 Å². The van der Waals surface area contributed by atoms with Crippen LogP contribution >= 0.6 is 0 Å². The van der Waals surface area contributed by atoms with Gasteiger partial charge in [-0.05, 0) is 53.8 Å². The Morgan fingerprint density at radius 1 is 0.714 bits per heavy atom. The van der Waals surface area contributed by atoms with Gasteiger partial charge in [-0.1, -0.05) is 6.07 Å². The highest BCUT2D eigenvalue weighted by Crippen LogP contribution is 2.58. The van der Waals surface area contributed by atoms with Gasteiger partial charge in [-0.25, -0.2) is 0 Å². The van der Waals surface area contributed by atoms with E-state index in [4.69, 9.17) is 37.9 Å². The lowest BCUT2D eigenvalue weighted by molar-refractivity contribution is -0.175. The second-order valence-corrected chi connectivity index (χ2v) is 10.1. The van der Waals surface area contributed by atoms with Crippen LogP contribution in [0.5, 0.6) is 23.0 Å². The van der Waals surface area contributed by atoms with Crippen molar-refractivity contribution in [3.05, 3.63) is 47.0 Å². The van der Waals surface area contributed by atoms with Crippen LogP contribution in [0.25, 0.3) is 0 Å². The van der Waals surface area contributed by atoms with Crippen molar-refractivity contribution >= 4 is 23.9 Å². The number of fused-ring (bicyclic) bond motifs is 3. The molecule has 2 heterocycles. The van der Waals surface area contributed by atoms with Crippen molar-refractivity contribution in [2.75, 3.05) is 54.9 Å². The fourth-order valence-electron chi connectivity index (χ4n) is 6.17. The Labute approximate surface area is 242 Å². The zero-order valence-corrected chi connectivity index (χ0v) is 23.8. The number of hydrogen-bond acceptors (Lipinski definition) is 12. The molecule has 2 aromatic carbocycles. The molecule has 2 atom stereocenters. The summed E-state index contributed by atoms with van der Waals surface area (Å²) >= 11 is 0. The number of hydrogen-bond donors (Lipinski definition) is 0. The Balaban J connectivity index is 1.77. The molecule has 2 aromatic rings. The van der Waals surface area contributed by atoms with E-state index in [2.05, 4.69) is 0 Å². The largest absolute Gasteiger partial charge is 0.486 e. The first kappa shape index (κ1) is 29.0. The van der Waals surface area contributed by atoms with E-state index in [9.17, 15) is 19.2 Å². The monoisotopic (exact) mass is 584 g/mol. The van der Waals surface area contributed by atoms with Gasteiger partial charge in [-0.2, -0.15) is 0 Å². The summed E-state index contributed by atoms with van der Waals surface area (Å²) in [6.45, 7) is 1.41. The second kappa shape index (κ2) is 11.8. The van der Waals surface area contributed by atoms with Crippen LogP contribution in [0, 0.1) is 11.3 Å². The standard InChI is InChI=1S/C30H32O12/c1-35-26(31)19(27(32)36-2)12-21-18-14-25-24(41-9-10-42-25)13-17(18)20(15-30(21,28(33)37-3)29(34)38-4)16-5-6-22-23(11-16)40-8-7-39-22/h5-6,11,13-14,19-21H,7-10,12,15H2,1-4H3/t20-,21-/m1/s1. The third-order valence-corrected chi connectivity index (χ3v) is 8.13. The molecule has 0 radical (unpaired) electrons. The fourth-order valence-corrected chi connectivity index (χ4v) is 6.17. The van der Waals surface area contributed by atoms with Gasteiger partial charge in [0, 0.05) is 11.8 Å². The van der Waals surface area contributed by atoms with Crippen molar-refractivity contribution in [1.82, 2.24) is 0 Å². The highest BCUT2D eigenvalue weighted by atomic mass is 16.6. The first-order valence-corrected chi connectivity index (χ1v) is 13.4. The van der Waals surface area contributed by atoms with Gasteiger partial charge in [0.2, 0.25) is 0 Å². The van der Waals surface area contributed by atoms with Crippen molar-refractivity contribution in [3.8, 4) is 23.0 Å². The van der Waals surface area contributed by atoms with Crippen LogP contribution in [-0.2, 0) is 38.1 Å². The Hall–Kier alpha value is -4.48. The van der Waals surface area contributed by atoms with Crippen molar-refractivity contribution in [2.45, 2.75) is 24.7 Å². The molecule has 0 saturated carbocycles. The van der Waals surface area contributed by atoms with E-state index in [1.807, 2.05) is 18.2 Å². The molecule has 12 heteroatoms. The molecule has 42 heavy (non-hydrogen) atoms. The van der Waals surface area contributed by atoms with Crippen LogP contribution in [0.15, 0.2) is 30.3 Å². The molecule has 3 aliphatic rings. The van der Waals surface area contributed by atoms with E-state index in [0.29, 0.717) is 53.9 Å². The van der Waals surface area contributed by atoms with E-state index in [1.165, 1.54) is 14.2 Å². The number of ether oxygens (including phenoxy) is 8. The Morgan fingerprint density at radius 3 is 1.74 bits per heavy atom. The van der Waals surface area contributed by atoms with E-state index >= 15 is 0 Å². The fraction of sp³-hybridized carbons (Fsp3) is 0.467. The molecule has 0 fully saturated rings. The summed E-state index contributed by atoms with van der Waals surface area (Å²) in [6.07, 6.45) is -0.428. The lowest BCUT2D eigenvalue weighted by Crippen LogP contribution is -2.51. The number of carbonyl (C=O) groups is 4. The second-order valence-electron chi connectivity index (χ2n) is 10.1. The quantitative estimate of drug-likeness (QED) is 0.268. The summed E-state index contributed by atoms with van der Waals surface area (Å²) in [5.74, 6) is -4.64. The third-order valence-electron chi connectivity index (χ3n) is 8.13. The molecular weight excluding hydrogens is 552 g/mol. The highest BCUT2D eigenvalue weighted by Gasteiger charge is 2.60. The van der Waals surface area contributed by atoms with Crippen molar-refractivity contribution in [3.63, 3.8) is 0 Å². The predicted molar refractivity (Wildman–Crippen MR) is 143 cm³/mol. The Bertz CT molecular complexity index is 1370. The van der Waals surface area contributed by atoms with Gasteiger partial charge >= 0.3 is 23.9 Å². The van der Waals surface area contributed by atoms with Gasteiger partial charge in [-0.3, -0.25) is 19.2 Å². The molecule has 0 unspecified atom stereocenters. The summed E-state index contributed by atoms with van der Waals surface area (Å²) in [7, 11) is 4.61.